The van der Waals surface area contributed by atoms with Gasteiger partial charge in [-0.3, -0.25) is 14.4 Å². The molecule has 1 N–H and O–H groups in total. The Morgan fingerprint density at radius 1 is 1.15 bits per heavy atom. The predicted molar refractivity (Wildman–Crippen MR) is 94.2 cm³/mol. The third-order valence-corrected chi connectivity index (χ3v) is 4.45. The van der Waals surface area contributed by atoms with Crippen LogP contribution in [0.1, 0.15) is 34.3 Å². The van der Waals surface area contributed by atoms with Gasteiger partial charge in [0.25, 0.3) is 5.91 Å². The number of nitrogens with zero attached hydrogens (tertiary/aromatic N) is 1. The summed E-state index contributed by atoms with van der Waals surface area (Å²) in [7, 11) is 0. The molecule has 1 aliphatic rings. The fourth-order valence-corrected chi connectivity index (χ4v) is 3.05. The quantitative estimate of drug-likeness (QED) is 0.835. The predicted octanol–water partition coefficient (Wildman–Crippen LogP) is 2.48. The van der Waals surface area contributed by atoms with E-state index >= 15 is 0 Å². The molecule has 134 valence electrons. The number of carbonyl (C=O) groups is 3. The van der Waals surface area contributed by atoms with Crippen molar-refractivity contribution >= 4 is 17.7 Å². The maximum absolute atomic E-state index is 12.5. The van der Waals surface area contributed by atoms with Crippen LogP contribution in [0.15, 0.2) is 48.5 Å². The minimum absolute atomic E-state index is 0.0845. The number of hydrogen-bond donors (Lipinski definition) is 1. The van der Waals surface area contributed by atoms with Crippen LogP contribution in [0.3, 0.4) is 0 Å². The fourth-order valence-electron chi connectivity index (χ4n) is 3.05. The number of amides is 1. The summed E-state index contributed by atoms with van der Waals surface area (Å²) in [4.78, 5) is 37.0. The Balaban J connectivity index is 1.70. The molecule has 6 heteroatoms. The van der Waals surface area contributed by atoms with Crippen LogP contribution in [0.4, 0.5) is 0 Å². The monoisotopic (exact) mass is 353 g/mol. The molecular formula is C20H19NO5. The van der Waals surface area contributed by atoms with Crippen molar-refractivity contribution in [2.45, 2.75) is 19.4 Å². The zero-order chi connectivity index (χ0) is 18.7. The summed E-state index contributed by atoms with van der Waals surface area (Å²) in [5.41, 5.74) is 2.09. The van der Waals surface area contributed by atoms with Crippen molar-refractivity contribution in [3.63, 3.8) is 0 Å². The van der Waals surface area contributed by atoms with Crippen molar-refractivity contribution in [3.8, 4) is 5.75 Å². The average molecular weight is 353 g/mol. The van der Waals surface area contributed by atoms with Crippen molar-refractivity contribution in [2.24, 2.45) is 0 Å². The van der Waals surface area contributed by atoms with Crippen LogP contribution in [-0.4, -0.2) is 40.8 Å². The number of benzene rings is 2. The number of Topliss-reactive ketones (excluding diaryl/α,β-unsaturated/α-hetero) is 1. The molecule has 1 aliphatic heterocycles. The lowest BCUT2D eigenvalue weighted by Gasteiger charge is -2.32. The van der Waals surface area contributed by atoms with Gasteiger partial charge in [-0.2, -0.15) is 0 Å². The second kappa shape index (κ2) is 7.39. The molecule has 0 aliphatic carbocycles. The van der Waals surface area contributed by atoms with E-state index in [1.807, 2.05) is 12.1 Å². The maximum atomic E-state index is 12.5. The normalized spacial score (nSPS) is 15.9. The number of aliphatic carboxylic acids is 1. The lowest BCUT2D eigenvalue weighted by Crippen LogP contribution is -2.42. The first-order chi connectivity index (χ1) is 12.5. The number of carboxylic acids is 1. The van der Waals surface area contributed by atoms with Gasteiger partial charge in [-0.15, -0.1) is 0 Å². The zero-order valence-electron chi connectivity index (χ0n) is 14.3. The summed E-state index contributed by atoms with van der Waals surface area (Å²) in [6, 6.07) is 13.9. The topological polar surface area (TPSA) is 83.9 Å². The molecule has 0 saturated carbocycles. The van der Waals surface area contributed by atoms with Gasteiger partial charge in [0.15, 0.2) is 12.4 Å². The third kappa shape index (κ3) is 3.74. The van der Waals surface area contributed by atoms with E-state index in [2.05, 4.69) is 0 Å². The Labute approximate surface area is 151 Å². The van der Waals surface area contributed by atoms with E-state index < -0.39 is 11.9 Å². The highest BCUT2D eigenvalue weighted by Gasteiger charge is 2.32. The maximum Gasteiger partial charge on any atom is 0.312 e. The number of rotatable bonds is 5. The van der Waals surface area contributed by atoms with Crippen LogP contribution < -0.4 is 4.74 Å². The molecule has 0 aromatic heterocycles. The van der Waals surface area contributed by atoms with Crippen LogP contribution in [-0.2, 0) is 16.1 Å². The summed E-state index contributed by atoms with van der Waals surface area (Å²) in [6.07, 6.45) is 0. The van der Waals surface area contributed by atoms with Crippen molar-refractivity contribution in [1.82, 2.24) is 4.90 Å². The lowest BCUT2D eigenvalue weighted by molar-refractivity contribution is -0.142. The highest BCUT2D eigenvalue weighted by Crippen LogP contribution is 2.28. The van der Waals surface area contributed by atoms with E-state index in [4.69, 9.17) is 4.74 Å². The first-order valence-electron chi connectivity index (χ1n) is 8.28. The van der Waals surface area contributed by atoms with E-state index in [1.54, 1.807) is 36.4 Å². The molecule has 0 fully saturated rings. The molecule has 1 amide bonds. The molecule has 26 heavy (non-hydrogen) atoms. The second-order valence-corrected chi connectivity index (χ2v) is 6.24. The van der Waals surface area contributed by atoms with Gasteiger partial charge in [-0.25, -0.2) is 0 Å². The number of carboxylic acid groups (broad SMARTS) is 1. The van der Waals surface area contributed by atoms with Gasteiger partial charge < -0.3 is 14.7 Å². The van der Waals surface area contributed by atoms with Gasteiger partial charge >= 0.3 is 5.97 Å². The molecular weight excluding hydrogens is 334 g/mol. The molecule has 0 bridgehead atoms. The lowest BCUT2D eigenvalue weighted by atomic mass is 9.90. The number of fused-ring (bicyclic) bond motifs is 1. The fraction of sp³-hybridized carbons (Fsp3) is 0.250. The molecule has 0 saturated heterocycles. The minimum atomic E-state index is -0.954. The Hall–Kier alpha value is -3.15. The van der Waals surface area contributed by atoms with Gasteiger partial charge in [0.1, 0.15) is 5.75 Å². The Kier molecular flexibility index (Phi) is 5.02. The summed E-state index contributed by atoms with van der Waals surface area (Å²) in [5.74, 6) is -1.65. The number of carbonyl (C=O) groups excluding carboxylic acids is 2. The summed E-state index contributed by atoms with van der Waals surface area (Å²) in [5, 5.41) is 9.47. The van der Waals surface area contributed by atoms with Crippen LogP contribution >= 0.6 is 0 Å². The van der Waals surface area contributed by atoms with Crippen molar-refractivity contribution in [1.29, 1.82) is 0 Å². The Morgan fingerprint density at radius 3 is 2.65 bits per heavy atom. The standard InChI is InChI=1S/C20H19NO5/c1-13(22)14-6-4-7-16(9-14)26-12-19(23)21-10-15-5-2-3-8-17(15)18(11-21)20(24)25/h2-9,18H,10-12H2,1H3,(H,24,25). The third-order valence-electron chi connectivity index (χ3n) is 4.45. The number of ether oxygens (including phenoxy) is 1. The van der Waals surface area contributed by atoms with Gasteiger partial charge in [-0.05, 0) is 30.2 Å². The minimum Gasteiger partial charge on any atom is -0.484 e. The molecule has 0 spiro atoms. The first kappa shape index (κ1) is 17.7. The van der Waals surface area contributed by atoms with Gasteiger partial charge in [-0.1, -0.05) is 36.4 Å². The highest BCUT2D eigenvalue weighted by atomic mass is 16.5. The number of ketones is 1. The van der Waals surface area contributed by atoms with E-state index in [1.165, 1.54) is 11.8 Å². The Morgan fingerprint density at radius 2 is 1.92 bits per heavy atom. The second-order valence-electron chi connectivity index (χ2n) is 6.24. The summed E-state index contributed by atoms with van der Waals surface area (Å²) < 4.78 is 5.50. The molecule has 1 unspecified atom stereocenters. The first-order valence-corrected chi connectivity index (χ1v) is 8.28. The van der Waals surface area contributed by atoms with Crippen LogP contribution in [0.5, 0.6) is 5.75 Å². The zero-order valence-corrected chi connectivity index (χ0v) is 14.3. The van der Waals surface area contributed by atoms with E-state index in [0.717, 1.165) is 11.1 Å². The van der Waals surface area contributed by atoms with Crippen molar-refractivity contribution < 1.29 is 24.2 Å². The van der Waals surface area contributed by atoms with Crippen LogP contribution in [0.2, 0.25) is 0 Å². The van der Waals surface area contributed by atoms with E-state index in [-0.39, 0.29) is 24.8 Å². The molecule has 0 radical (unpaired) electrons. The van der Waals surface area contributed by atoms with Crippen LogP contribution in [0, 0.1) is 0 Å². The molecule has 2 aromatic rings. The van der Waals surface area contributed by atoms with E-state index in [0.29, 0.717) is 17.9 Å². The highest BCUT2D eigenvalue weighted by molar-refractivity contribution is 5.94. The van der Waals surface area contributed by atoms with E-state index in [9.17, 15) is 19.5 Å². The van der Waals surface area contributed by atoms with Crippen molar-refractivity contribution in [3.05, 3.63) is 65.2 Å². The molecule has 3 rings (SSSR count). The smallest absolute Gasteiger partial charge is 0.312 e. The van der Waals surface area contributed by atoms with Crippen LogP contribution in [0.25, 0.3) is 0 Å². The Bertz CT molecular complexity index is 861. The molecule has 6 nitrogen and oxygen atoms in total. The summed E-state index contributed by atoms with van der Waals surface area (Å²) in [6.45, 7) is 1.72. The van der Waals surface area contributed by atoms with Crippen molar-refractivity contribution in [2.75, 3.05) is 13.2 Å². The molecule has 1 atom stereocenters. The number of hydrogen-bond acceptors (Lipinski definition) is 4. The summed E-state index contributed by atoms with van der Waals surface area (Å²) >= 11 is 0. The van der Waals surface area contributed by atoms with Gasteiger partial charge in [0.05, 0.1) is 5.92 Å². The van der Waals surface area contributed by atoms with Gasteiger partial charge in [0, 0.05) is 18.7 Å². The largest absolute Gasteiger partial charge is 0.484 e. The average Bonchev–Trinajstić information content (AvgIpc) is 2.65. The molecule has 2 aromatic carbocycles. The van der Waals surface area contributed by atoms with Gasteiger partial charge in [0.2, 0.25) is 0 Å². The molecule has 1 heterocycles. The SMILES string of the molecule is CC(=O)c1cccc(OCC(=O)N2Cc3ccccc3C(C(=O)O)C2)c1.